The fourth-order valence-corrected chi connectivity index (χ4v) is 6.35. The molecule has 1 amide bonds. The van der Waals surface area contributed by atoms with Crippen molar-refractivity contribution in [3.05, 3.63) is 59.9 Å². The second-order valence-electron chi connectivity index (χ2n) is 8.42. The first-order valence-electron chi connectivity index (χ1n) is 11.2. The molecule has 0 spiro atoms. The Morgan fingerprint density at radius 3 is 2.70 bits per heavy atom. The molecule has 0 bridgehead atoms. The average Bonchev–Trinajstić information content (AvgIpc) is 3.26. The third-order valence-electron chi connectivity index (χ3n) is 6.05. The van der Waals surface area contributed by atoms with Gasteiger partial charge in [0.05, 0.1) is 22.0 Å². The molecule has 0 aliphatic carbocycles. The number of fused-ring (bicyclic) bond motifs is 1. The Bertz CT molecular complexity index is 1170. The van der Waals surface area contributed by atoms with E-state index in [0.717, 1.165) is 35.2 Å². The number of nitrogens with zero attached hydrogens (tertiary/aromatic N) is 2. The van der Waals surface area contributed by atoms with Crippen molar-refractivity contribution in [3.63, 3.8) is 0 Å². The number of sulfonamides is 1. The molecule has 2 atom stereocenters. The van der Waals surface area contributed by atoms with Crippen LogP contribution in [0.4, 0.5) is 0 Å². The SMILES string of the molecule is CSCC[C@H](NC(=O)[C@@H]1CCCCN1S(=O)(=O)c1ccc(C)cc1)c1nc2ccccc2[nH]1. The number of aromatic nitrogens is 2. The minimum absolute atomic E-state index is 0.226. The molecule has 7 nitrogen and oxygen atoms in total. The van der Waals surface area contributed by atoms with Gasteiger partial charge >= 0.3 is 0 Å². The first-order chi connectivity index (χ1) is 15.9. The van der Waals surface area contributed by atoms with Crippen molar-refractivity contribution >= 4 is 38.7 Å². The van der Waals surface area contributed by atoms with Crippen molar-refractivity contribution in [2.75, 3.05) is 18.6 Å². The van der Waals surface area contributed by atoms with E-state index in [1.54, 1.807) is 36.0 Å². The Morgan fingerprint density at radius 2 is 1.97 bits per heavy atom. The highest BCUT2D eigenvalue weighted by atomic mass is 32.2. The van der Waals surface area contributed by atoms with Crippen molar-refractivity contribution in [3.8, 4) is 0 Å². The van der Waals surface area contributed by atoms with E-state index in [1.807, 2.05) is 37.4 Å². The maximum Gasteiger partial charge on any atom is 0.243 e. The summed E-state index contributed by atoms with van der Waals surface area (Å²) in [5.74, 6) is 1.28. The number of imidazole rings is 1. The summed E-state index contributed by atoms with van der Waals surface area (Å²) in [7, 11) is -3.77. The van der Waals surface area contributed by atoms with Gasteiger partial charge in [0, 0.05) is 6.54 Å². The van der Waals surface area contributed by atoms with Crippen LogP contribution in [0.5, 0.6) is 0 Å². The molecule has 1 fully saturated rings. The second-order valence-corrected chi connectivity index (χ2v) is 11.3. The van der Waals surface area contributed by atoms with E-state index in [2.05, 4.69) is 15.3 Å². The normalized spacial score (nSPS) is 18.3. The van der Waals surface area contributed by atoms with Crippen LogP contribution < -0.4 is 5.32 Å². The highest BCUT2D eigenvalue weighted by Crippen LogP contribution is 2.27. The largest absolute Gasteiger partial charge is 0.345 e. The Labute approximate surface area is 199 Å². The van der Waals surface area contributed by atoms with E-state index >= 15 is 0 Å². The monoisotopic (exact) mass is 486 g/mol. The number of aryl methyl sites for hydroxylation is 1. The molecular formula is C24H30N4O3S2. The van der Waals surface area contributed by atoms with E-state index in [1.165, 1.54) is 4.31 Å². The van der Waals surface area contributed by atoms with Crippen LogP contribution in [0.3, 0.4) is 0 Å². The maximum atomic E-state index is 13.4. The van der Waals surface area contributed by atoms with Crippen LogP contribution in [0, 0.1) is 6.92 Å². The molecule has 176 valence electrons. The molecule has 1 aliphatic rings. The number of aromatic amines is 1. The van der Waals surface area contributed by atoms with Crippen molar-refractivity contribution in [2.24, 2.45) is 0 Å². The zero-order valence-corrected chi connectivity index (χ0v) is 20.6. The summed E-state index contributed by atoms with van der Waals surface area (Å²) >= 11 is 1.70. The highest BCUT2D eigenvalue weighted by Gasteiger charge is 2.38. The number of rotatable bonds is 8. The summed E-state index contributed by atoms with van der Waals surface area (Å²) in [6.45, 7) is 2.26. The van der Waals surface area contributed by atoms with Crippen LogP contribution in [-0.2, 0) is 14.8 Å². The molecule has 4 rings (SSSR count). The van der Waals surface area contributed by atoms with E-state index in [9.17, 15) is 13.2 Å². The summed E-state index contributed by atoms with van der Waals surface area (Å²) in [4.78, 5) is 21.7. The predicted molar refractivity (Wildman–Crippen MR) is 133 cm³/mol. The van der Waals surface area contributed by atoms with Crippen LogP contribution in [0.2, 0.25) is 0 Å². The number of para-hydroxylation sites is 2. The molecule has 0 unspecified atom stereocenters. The fourth-order valence-electron chi connectivity index (χ4n) is 4.22. The molecule has 2 N–H and O–H groups in total. The highest BCUT2D eigenvalue weighted by molar-refractivity contribution is 7.98. The Balaban J connectivity index is 1.58. The molecule has 33 heavy (non-hydrogen) atoms. The van der Waals surface area contributed by atoms with Crippen LogP contribution in [0.1, 0.15) is 43.1 Å². The maximum absolute atomic E-state index is 13.4. The smallest absolute Gasteiger partial charge is 0.243 e. The summed E-state index contributed by atoms with van der Waals surface area (Å²) in [6, 6.07) is 13.5. The number of nitrogens with one attached hydrogen (secondary N) is 2. The number of H-pyrrole nitrogens is 1. The number of hydrogen-bond acceptors (Lipinski definition) is 5. The molecule has 1 aliphatic heterocycles. The van der Waals surface area contributed by atoms with Gasteiger partial charge in [-0.25, -0.2) is 13.4 Å². The summed E-state index contributed by atoms with van der Waals surface area (Å²) < 4.78 is 28.1. The zero-order valence-electron chi connectivity index (χ0n) is 19.0. The summed E-state index contributed by atoms with van der Waals surface area (Å²) in [6.07, 6.45) is 4.79. The van der Waals surface area contributed by atoms with E-state index in [0.29, 0.717) is 25.2 Å². The molecule has 1 aromatic heterocycles. The lowest BCUT2D eigenvalue weighted by Gasteiger charge is -2.34. The predicted octanol–water partition coefficient (Wildman–Crippen LogP) is 4.03. The number of benzene rings is 2. The number of amides is 1. The molecule has 9 heteroatoms. The minimum atomic E-state index is -3.77. The molecule has 0 radical (unpaired) electrons. The molecule has 0 saturated carbocycles. The van der Waals surface area contributed by atoms with Gasteiger partial charge in [0.15, 0.2) is 0 Å². The fraction of sp³-hybridized carbons (Fsp3) is 0.417. The Morgan fingerprint density at radius 1 is 1.21 bits per heavy atom. The Hall–Kier alpha value is -2.36. The van der Waals surface area contributed by atoms with Gasteiger partial charge in [-0.3, -0.25) is 4.79 Å². The van der Waals surface area contributed by atoms with E-state index in [-0.39, 0.29) is 16.8 Å². The van der Waals surface area contributed by atoms with Crippen molar-refractivity contribution < 1.29 is 13.2 Å². The van der Waals surface area contributed by atoms with Crippen LogP contribution in [0.25, 0.3) is 11.0 Å². The molecular weight excluding hydrogens is 456 g/mol. The Kier molecular flexibility index (Phi) is 7.41. The number of carbonyl (C=O) groups is 1. The van der Waals surface area contributed by atoms with Gasteiger partial charge < -0.3 is 10.3 Å². The van der Waals surface area contributed by atoms with Crippen LogP contribution in [-0.4, -0.2) is 53.2 Å². The number of thioether (sulfide) groups is 1. The third kappa shape index (κ3) is 5.26. The summed E-state index contributed by atoms with van der Waals surface area (Å²) in [5.41, 5.74) is 2.75. The lowest BCUT2D eigenvalue weighted by atomic mass is 10.0. The summed E-state index contributed by atoms with van der Waals surface area (Å²) in [5, 5.41) is 3.11. The van der Waals surface area contributed by atoms with Crippen molar-refractivity contribution in [1.29, 1.82) is 0 Å². The topological polar surface area (TPSA) is 95.2 Å². The van der Waals surface area contributed by atoms with E-state index in [4.69, 9.17) is 0 Å². The standard InChI is InChI=1S/C24H30N4O3S2/c1-17-10-12-18(13-11-17)33(30,31)28-15-6-5-9-22(28)24(29)27-21(14-16-32-2)23-25-19-7-3-4-8-20(19)26-23/h3-4,7-8,10-13,21-22H,5-6,9,14-16H2,1-2H3,(H,25,26)(H,27,29)/t21-,22-/m0/s1. The molecule has 2 heterocycles. The minimum Gasteiger partial charge on any atom is -0.345 e. The molecule has 3 aromatic rings. The lowest BCUT2D eigenvalue weighted by Crippen LogP contribution is -2.52. The molecule has 2 aromatic carbocycles. The van der Waals surface area contributed by atoms with Gasteiger partial charge in [0.1, 0.15) is 11.9 Å². The number of carbonyl (C=O) groups excluding carboxylic acids is 1. The first kappa shape index (κ1) is 23.8. The number of piperidine rings is 1. The van der Waals surface area contributed by atoms with Gasteiger partial charge in [-0.05, 0) is 62.5 Å². The van der Waals surface area contributed by atoms with Crippen LogP contribution in [0.15, 0.2) is 53.4 Å². The van der Waals surface area contributed by atoms with Gasteiger partial charge in [0.2, 0.25) is 15.9 Å². The van der Waals surface area contributed by atoms with Gasteiger partial charge in [-0.1, -0.05) is 36.2 Å². The van der Waals surface area contributed by atoms with Gasteiger partial charge in [-0.2, -0.15) is 16.1 Å². The number of hydrogen-bond donors (Lipinski definition) is 2. The van der Waals surface area contributed by atoms with Gasteiger partial charge in [0.25, 0.3) is 0 Å². The van der Waals surface area contributed by atoms with Crippen molar-refractivity contribution in [2.45, 2.75) is 49.6 Å². The van der Waals surface area contributed by atoms with Gasteiger partial charge in [-0.15, -0.1) is 0 Å². The molecule has 1 saturated heterocycles. The quantitative estimate of drug-likeness (QED) is 0.501. The first-order valence-corrected chi connectivity index (χ1v) is 14.1. The van der Waals surface area contributed by atoms with Crippen LogP contribution >= 0.6 is 11.8 Å². The van der Waals surface area contributed by atoms with E-state index < -0.39 is 16.1 Å². The zero-order chi connectivity index (χ0) is 23.4. The average molecular weight is 487 g/mol. The second kappa shape index (κ2) is 10.3. The third-order valence-corrected chi connectivity index (χ3v) is 8.62. The van der Waals surface area contributed by atoms with Crippen molar-refractivity contribution in [1.82, 2.24) is 19.6 Å². The lowest BCUT2D eigenvalue weighted by molar-refractivity contribution is -0.126.